The molecule has 3 nitrogen and oxygen atoms in total. The van der Waals surface area contributed by atoms with Crippen molar-refractivity contribution < 1.29 is 9.53 Å². The van der Waals surface area contributed by atoms with Crippen molar-refractivity contribution in [2.24, 2.45) is 5.92 Å². The highest BCUT2D eigenvalue weighted by atomic mass is 32.2. The van der Waals surface area contributed by atoms with E-state index < -0.39 is 0 Å². The predicted molar refractivity (Wildman–Crippen MR) is 58.1 cm³/mol. The molecule has 0 radical (unpaired) electrons. The standard InChI is InChI=1S/C10H15NO2S/c1-3-5-11-9(10(12)13-2)8-4-6-14-7-8/h1,8-9,11H,4-7H2,2H3. The predicted octanol–water partition coefficient (Wildman–Crippen LogP) is 0.504. The van der Waals surface area contributed by atoms with E-state index in [1.54, 1.807) is 0 Å². The summed E-state index contributed by atoms with van der Waals surface area (Å²) in [6.07, 6.45) is 6.20. The van der Waals surface area contributed by atoms with Crippen molar-refractivity contribution in [1.82, 2.24) is 5.32 Å². The lowest BCUT2D eigenvalue weighted by molar-refractivity contribution is -0.144. The average molecular weight is 213 g/mol. The number of esters is 1. The first-order valence-corrected chi connectivity index (χ1v) is 5.77. The molecule has 0 bridgehead atoms. The van der Waals surface area contributed by atoms with E-state index in [0.29, 0.717) is 12.5 Å². The molecule has 0 aliphatic carbocycles. The summed E-state index contributed by atoms with van der Waals surface area (Å²) in [4.78, 5) is 11.4. The molecule has 0 amide bonds. The molecule has 2 unspecified atom stereocenters. The van der Waals surface area contributed by atoms with Gasteiger partial charge in [-0.15, -0.1) is 6.42 Å². The van der Waals surface area contributed by atoms with E-state index in [-0.39, 0.29) is 12.0 Å². The average Bonchev–Trinajstić information content (AvgIpc) is 2.71. The fourth-order valence-electron chi connectivity index (χ4n) is 1.55. The van der Waals surface area contributed by atoms with Crippen LogP contribution < -0.4 is 5.32 Å². The number of thioether (sulfide) groups is 1. The van der Waals surface area contributed by atoms with Crippen LogP contribution in [0.25, 0.3) is 0 Å². The van der Waals surface area contributed by atoms with Crippen LogP contribution in [0.5, 0.6) is 0 Å². The summed E-state index contributed by atoms with van der Waals surface area (Å²) in [5, 5.41) is 3.04. The Morgan fingerprint density at radius 2 is 2.64 bits per heavy atom. The second-order valence-corrected chi connectivity index (χ2v) is 4.36. The van der Waals surface area contributed by atoms with Crippen molar-refractivity contribution in [3.63, 3.8) is 0 Å². The normalized spacial score (nSPS) is 22.7. The van der Waals surface area contributed by atoms with Gasteiger partial charge in [0.25, 0.3) is 0 Å². The molecule has 0 aromatic heterocycles. The van der Waals surface area contributed by atoms with Gasteiger partial charge in [0, 0.05) is 0 Å². The van der Waals surface area contributed by atoms with E-state index in [4.69, 9.17) is 11.2 Å². The molecule has 1 rings (SSSR count). The van der Waals surface area contributed by atoms with E-state index in [9.17, 15) is 4.79 Å². The Kier molecular flexibility index (Phi) is 4.85. The number of hydrogen-bond acceptors (Lipinski definition) is 4. The third kappa shape index (κ3) is 2.93. The van der Waals surface area contributed by atoms with Crippen LogP contribution in [0.4, 0.5) is 0 Å². The van der Waals surface area contributed by atoms with E-state index in [0.717, 1.165) is 17.9 Å². The highest BCUT2D eigenvalue weighted by molar-refractivity contribution is 7.99. The maximum atomic E-state index is 11.4. The lowest BCUT2D eigenvalue weighted by Crippen LogP contribution is -2.43. The van der Waals surface area contributed by atoms with Crippen molar-refractivity contribution in [3.8, 4) is 12.3 Å². The summed E-state index contributed by atoms with van der Waals surface area (Å²) < 4.78 is 4.74. The molecule has 1 heterocycles. The molecular formula is C10H15NO2S. The number of ether oxygens (including phenoxy) is 1. The summed E-state index contributed by atoms with van der Waals surface area (Å²) in [6.45, 7) is 0.418. The number of carbonyl (C=O) groups is 1. The van der Waals surface area contributed by atoms with E-state index in [1.807, 2.05) is 11.8 Å². The maximum absolute atomic E-state index is 11.4. The van der Waals surface area contributed by atoms with Crippen molar-refractivity contribution in [1.29, 1.82) is 0 Å². The molecule has 1 N–H and O–H groups in total. The summed E-state index contributed by atoms with van der Waals surface area (Å²) in [7, 11) is 1.41. The van der Waals surface area contributed by atoms with Crippen LogP contribution in [-0.4, -0.2) is 37.2 Å². The molecule has 78 valence electrons. The highest BCUT2D eigenvalue weighted by Gasteiger charge is 2.30. The third-order valence-corrected chi connectivity index (χ3v) is 3.50. The number of rotatable bonds is 4. The SMILES string of the molecule is C#CCNC(C(=O)OC)C1CCSC1. The van der Waals surface area contributed by atoms with Gasteiger partial charge >= 0.3 is 5.97 Å². The van der Waals surface area contributed by atoms with Crippen LogP contribution in [0.3, 0.4) is 0 Å². The van der Waals surface area contributed by atoms with Gasteiger partial charge in [0.2, 0.25) is 0 Å². The number of hydrogen-bond donors (Lipinski definition) is 1. The van der Waals surface area contributed by atoms with Gasteiger partial charge in [-0.05, 0) is 23.8 Å². The zero-order valence-electron chi connectivity index (χ0n) is 8.29. The van der Waals surface area contributed by atoms with Crippen LogP contribution in [0.1, 0.15) is 6.42 Å². The Labute approximate surface area is 89.0 Å². The van der Waals surface area contributed by atoms with Gasteiger partial charge in [0.1, 0.15) is 6.04 Å². The van der Waals surface area contributed by atoms with Gasteiger partial charge in [0.05, 0.1) is 13.7 Å². The fourth-order valence-corrected chi connectivity index (χ4v) is 2.85. The summed E-state index contributed by atoms with van der Waals surface area (Å²) >= 11 is 1.87. The molecule has 1 aliphatic heterocycles. The summed E-state index contributed by atoms with van der Waals surface area (Å²) in [6, 6.07) is -0.231. The molecule has 4 heteroatoms. The van der Waals surface area contributed by atoms with Crippen LogP contribution in [-0.2, 0) is 9.53 Å². The number of terminal acetylenes is 1. The second kappa shape index (κ2) is 5.94. The quantitative estimate of drug-likeness (QED) is 0.545. The minimum atomic E-state index is -0.231. The van der Waals surface area contributed by atoms with Crippen LogP contribution in [0.2, 0.25) is 0 Å². The van der Waals surface area contributed by atoms with E-state index >= 15 is 0 Å². The Balaban J connectivity index is 2.51. The van der Waals surface area contributed by atoms with Crippen LogP contribution in [0.15, 0.2) is 0 Å². The Bertz CT molecular complexity index is 231. The molecule has 0 aromatic rings. The topological polar surface area (TPSA) is 38.3 Å². The summed E-state index contributed by atoms with van der Waals surface area (Å²) in [5.74, 6) is 4.77. The van der Waals surface area contributed by atoms with Gasteiger partial charge in [0.15, 0.2) is 0 Å². The first-order chi connectivity index (χ1) is 6.79. The third-order valence-electron chi connectivity index (χ3n) is 2.32. The fraction of sp³-hybridized carbons (Fsp3) is 0.700. The smallest absolute Gasteiger partial charge is 0.323 e. The second-order valence-electron chi connectivity index (χ2n) is 3.21. The Morgan fingerprint density at radius 3 is 3.14 bits per heavy atom. The molecule has 2 atom stereocenters. The molecule has 0 aromatic carbocycles. The number of nitrogens with one attached hydrogen (secondary N) is 1. The van der Waals surface area contributed by atoms with Crippen molar-refractivity contribution >= 4 is 17.7 Å². The largest absolute Gasteiger partial charge is 0.468 e. The minimum Gasteiger partial charge on any atom is -0.468 e. The van der Waals surface area contributed by atoms with Gasteiger partial charge in [-0.2, -0.15) is 11.8 Å². The van der Waals surface area contributed by atoms with E-state index in [1.165, 1.54) is 7.11 Å². The minimum absolute atomic E-state index is 0.201. The molecular weight excluding hydrogens is 198 g/mol. The van der Waals surface area contributed by atoms with Crippen LogP contribution in [0, 0.1) is 18.3 Å². The molecule has 1 aliphatic rings. The van der Waals surface area contributed by atoms with Gasteiger partial charge in [-0.1, -0.05) is 5.92 Å². The summed E-state index contributed by atoms with van der Waals surface area (Å²) in [5.41, 5.74) is 0. The first-order valence-electron chi connectivity index (χ1n) is 4.62. The maximum Gasteiger partial charge on any atom is 0.323 e. The van der Waals surface area contributed by atoms with Crippen LogP contribution >= 0.6 is 11.8 Å². The highest BCUT2D eigenvalue weighted by Crippen LogP contribution is 2.26. The van der Waals surface area contributed by atoms with E-state index in [2.05, 4.69) is 11.2 Å². The van der Waals surface area contributed by atoms with Gasteiger partial charge in [-0.25, -0.2) is 0 Å². The lowest BCUT2D eigenvalue weighted by Gasteiger charge is -2.20. The Hall–Kier alpha value is -0.660. The number of carbonyl (C=O) groups excluding carboxylic acids is 1. The lowest BCUT2D eigenvalue weighted by atomic mass is 9.99. The molecule has 14 heavy (non-hydrogen) atoms. The van der Waals surface area contributed by atoms with Gasteiger partial charge in [-0.3, -0.25) is 10.1 Å². The molecule has 0 saturated carbocycles. The zero-order chi connectivity index (χ0) is 10.4. The molecule has 0 spiro atoms. The molecule has 1 fully saturated rings. The van der Waals surface area contributed by atoms with Crippen molar-refractivity contribution in [2.75, 3.05) is 25.2 Å². The van der Waals surface area contributed by atoms with Gasteiger partial charge < -0.3 is 4.74 Å². The monoisotopic (exact) mass is 213 g/mol. The van der Waals surface area contributed by atoms with Crippen molar-refractivity contribution in [3.05, 3.63) is 0 Å². The first kappa shape index (κ1) is 11.4. The zero-order valence-corrected chi connectivity index (χ0v) is 9.10. The Morgan fingerprint density at radius 1 is 1.86 bits per heavy atom. The van der Waals surface area contributed by atoms with Crippen molar-refractivity contribution in [2.45, 2.75) is 12.5 Å². The molecule has 1 saturated heterocycles. The number of methoxy groups -OCH3 is 1.